The van der Waals surface area contributed by atoms with Crippen LogP contribution in [-0.2, 0) is 14.3 Å². The number of carboxylic acids is 1. The van der Waals surface area contributed by atoms with Crippen LogP contribution in [-0.4, -0.2) is 40.8 Å². The number of methoxy groups -OCH3 is 1. The summed E-state index contributed by atoms with van der Waals surface area (Å²) in [4.78, 5) is 23.0. The number of carboxylic acid groups (broad SMARTS) is 1. The lowest BCUT2D eigenvalue weighted by Crippen LogP contribution is -2.59. The van der Waals surface area contributed by atoms with Crippen molar-refractivity contribution in [2.75, 3.05) is 7.11 Å². The van der Waals surface area contributed by atoms with E-state index in [4.69, 9.17) is 9.84 Å². The van der Waals surface area contributed by atoms with Crippen molar-refractivity contribution in [3.05, 3.63) is 11.6 Å². The lowest BCUT2D eigenvalue weighted by atomic mass is 9.52. The van der Waals surface area contributed by atoms with Crippen LogP contribution in [0.1, 0.15) is 90.4 Å². The molecule has 0 saturated heterocycles. The van der Waals surface area contributed by atoms with Crippen LogP contribution in [0.4, 0.5) is 0 Å². The third kappa shape index (κ3) is 5.66. The predicted molar refractivity (Wildman–Crippen MR) is 109 cm³/mol. The minimum atomic E-state index is -0.788. The monoisotopic (exact) mass is 394 g/mol. The summed E-state index contributed by atoms with van der Waals surface area (Å²) in [5.74, 6) is -0.151. The standard InChI is InChI=1S/C23H38O5/c1-3-4-5-6-7-10-18(24)12-13-19-20-16-17(9-8-11-22(26)27)23(20,28-2)15-14-21(19)25/h9,19-21,25H,3-8,10-16H2,1-2H3,(H,26,27)/t19-,20-,21-,23+/m0/s1. The van der Waals surface area contributed by atoms with E-state index >= 15 is 0 Å². The van der Waals surface area contributed by atoms with E-state index in [0.717, 1.165) is 32.1 Å². The Hall–Kier alpha value is -1.20. The van der Waals surface area contributed by atoms with E-state index in [-0.39, 0.29) is 30.0 Å². The Morgan fingerprint density at radius 3 is 2.61 bits per heavy atom. The van der Waals surface area contributed by atoms with Crippen molar-refractivity contribution in [1.82, 2.24) is 0 Å². The summed E-state index contributed by atoms with van der Waals surface area (Å²) < 4.78 is 5.92. The molecule has 5 nitrogen and oxygen atoms in total. The topological polar surface area (TPSA) is 83.8 Å². The summed E-state index contributed by atoms with van der Waals surface area (Å²) in [6.45, 7) is 2.19. The fourth-order valence-corrected chi connectivity index (χ4v) is 5.15. The van der Waals surface area contributed by atoms with Gasteiger partial charge in [0.25, 0.3) is 0 Å². The molecule has 0 heterocycles. The Morgan fingerprint density at radius 2 is 1.93 bits per heavy atom. The van der Waals surface area contributed by atoms with Gasteiger partial charge in [-0.2, -0.15) is 0 Å². The number of fused-ring (bicyclic) bond motifs is 1. The van der Waals surface area contributed by atoms with Crippen LogP contribution < -0.4 is 0 Å². The third-order valence-corrected chi connectivity index (χ3v) is 6.83. The Balaban J connectivity index is 1.86. The number of carbonyl (C=O) groups excluding carboxylic acids is 1. The number of rotatable bonds is 13. The van der Waals surface area contributed by atoms with Crippen molar-refractivity contribution in [3.8, 4) is 0 Å². The van der Waals surface area contributed by atoms with Crippen molar-refractivity contribution in [1.29, 1.82) is 0 Å². The first-order valence-electron chi connectivity index (χ1n) is 11.1. The molecule has 160 valence electrons. The molecule has 5 heteroatoms. The number of hydrogen-bond donors (Lipinski definition) is 2. The van der Waals surface area contributed by atoms with Gasteiger partial charge in [-0.15, -0.1) is 0 Å². The van der Waals surface area contributed by atoms with E-state index in [9.17, 15) is 14.7 Å². The number of carbonyl (C=O) groups is 2. The highest BCUT2D eigenvalue weighted by atomic mass is 16.5. The number of ether oxygens (including phenoxy) is 1. The van der Waals surface area contributed by atoms with Crippen molar-refractivity contribution in [2.24, 2.45) is 11.8 Å². The molecule has 2 rings (SSSR count). The molecule has 2 aliphatic carbocycles. The summed E-state index contributed by atoms with van der Waals surface area (Å²) in [6, 6.07) is 0. The molecule has 2 aliphatic rings. The number of unbranched alkanes of at least 4 members (excludes halogenated alkanes) is 4. The zero-order chi connectivity index (χ0) is 20.6. The van der Waals surface area contributed by atoms with E-state index in [2.05, 4.69) is 6.92 Å². The molecule has 0 aromatic carbocycles. The second-order valence-corrected chi connectivity index (χ2v) is 8.58. The fraction of sp³-hybridized carbons (Fsp3) is 0.826. The van der Waals surface area contributed by atoms with E-state index < -0.39 is 5.97 Å². The number of aliphatic carboxylic acids is 1. The second kappa shape index (κ2) is 11.1. The van der Waals surface area contributed by atoms with Crippen molar-refractivity contribution in [3.63, 3.8) is 0 Å². The molecular formula is C23H38O5. The largest absolute Gasteiger partial charge is 0.481 e. The SMILES string of the molecule is CCCCCCCC(=O)CC[C@@H]1[C@@H](O)CC[C@@]2(OC)C(=CCCC(=O)O)C[C@@H]12. The van der Waals surface area contributed by atoms with Gasteiger partial charge in [0.05, 0.1) is 11.7 Å². The summed E-state index contributed by atoms with van der Waals surface area (Å²) >= 11 is 0. The maximum atomic E-state index is 12.3. The maximum Gasteiger partial charge on any atom is 0.303 e. The molecular weight excluding hydrogens is 356 g/mol. The van der Waals surface area contributed by atoms with E-state index in [1.807, 2.05) is 6.08 Å². The fourth-order valence-electron chi connectivity index (χ4n) is 5.15. The zero-order valence-corrected chi connectivity index (χ0v) is 17.6. The Kier molecular flexibility index (Phi) is 9.16. The number of ketones is 1. The zero-order valence-electron chi connectivity index (χ0n) is 17.6. The molecule has 2 N–H and O–H groups in total. The number of hydrogen-bond acceptors (Lipinski definition) is 4. The van der Waals surface area contributed by atoms with E-state index in [1.165, 1.54) is 24.8 Å². The molecule has 2 saturated carbocycles. The average Bonchev–Trinajstić information content (AvgIpc) is 2.65. The van der Waals surface area contributed by atoms with Gasteiger partial charge in [0.2, 0.25) is 0 Å². The summed E-state index contributed by atoms with van der Waals surface area (Å²) in [6.07, 6.45) is 12.3. The normalized spacial score (nSPS) is 30.7. The first-order chi connectivity index (χ1) is 13.4. The molecule has 28 heavy (non-hydrogen) atoms. The number of Topliss-reactive ketones (excluding diaryl/α,β-unsaturated/α-hetero) is 1. The van der Waals surface area contributed by atoms with Gasteiger partial charge in [0, 0.05) is 32.3 Å². The molecule has 0 unspecified atom stereocenters. The summed E-state index contributed by atoms with van der Waals surface area (Å²) in [5.41, 5.74) is 0.825. The van der Waals surface area contributed by atoms with Crippen LogP contribution in [0.25, 0.3) is 0 Å². The van der Waals surface area contributed by atoms with Gasteiger partial charge in [-0.3, -0.25) is 9.59 Å². The molecule has 0 radical (unpaired) electrons. The molecule has 0 spiro atoms. The molecule has 0 aliphatic heterocycles. The molecule has 2 fully saturated rings. The van der Waals surface area contributed by atoms with Crippen LogP contribution in [0, 0.1) is 11.8 Å². The number of aliphatic hydroxyl groups is 1. The number of allylic oxidation sites excluding steroid dienone is 1. The minimum absolute atomic E-state index is 0.0920. The van der Waals surface area contributed by atoms with E-state index in [1.54, 1.807) is 7.11 Å². The third-order valence-electron chi connectivity index (χ3n) is 6.83. The van der Waals surface area contributed by atoms with Gasteiger partial charge < -0.3 is 14.9 Å². The summed E-state index contributed by atoms with van der Waals surface area (Å²) in [7, 11) is 1.72. The first kappa shape index (κ1) is 23.1. The number of aliphatic hydroxyl groups excluding tert-OH is 1. The van der Waals surface area contributed by atoms with Crippen LogP contribution >= 0.6 is 0 Å². The average molecular weight is 395 g/mol. The molecule has 4 atom stereocenters. The highest BCUT2D eigenvalue weighted by Crippen LogP contribution is 2.57. The second-order valence-electron chi connectivity index (χ2n) is 8.58. The van der Waals surface area contributed by atoms with Gasteiger partial charge >= 0.3 is 5.97 Å². The van der Waals surface area contributed by atoms with Crippen LogP contribution in [0.2, 0.25) is 0 Å². The lowest BCUT2D eigenvalue weighted by Gasteiger charge is -2.58. The van der Waals surface area contributed by atoms with Crippen LogP contribution in [0.5, 0.6) is 0 Å². The van der Waals surface area contributed by atoms with Gasteiger partial charge in [-0.05, 0) is 50.0 Å². The highest BCUT2D eigenvalue weighted by molar-refractivity contribution is 5.78. The van der Waals surface area contributed by atoms with Gasteiger partial charge in [-0.25, -0.2) is 0 Å². The Bertz CT molecular complexity index is 555. The van der Waals surface area contributed by atoms with Crippen molar-refractivity contribution in [2.45, 2.75) is 102 Å². The highest BCUT2D eigenvalue weighted by Gasteiger charge is 2.58. The van der Waals surface area contributed by atoms with Gasteiger partial charge in [0.15, 0.2) is 0 Å². The van der Waals surface area contributed by atoms with Crippen molar-refractivity contribution >= 4 is 11.8 Å². The molecule has 0 amide bonds. The summed E-state index contributed by atoms with van der Waals surface area (Å²) in [5, 5.41) is 19.4. The van der Waals surface area contributed by atoms with Crippen LogP contribution in [0.15, 0.2) is 11.6 Å². The van der Waals surface area contributed by atoms with Crippen LogP contribution in [0.3, 0.4) is 0 Å². The lowest BCUT2D eigenvalue weighted by molar-refractivity contribution is -0.154. The van der Waals surface area contributed by atoms with Gasteiger partial charge in [-0.1, -0.05) is 38.7 Å². The minimum Gasteiger partial charge on any atom is -0.481 e. The van der Waals surface area contributed by atoms with Gasteiger partial charge in [0.1, 0.15) is 5.78 Å². The van der Waals surface area contributed by atoms with E-state index in [0.29, 0.717) is 31.5 Å². The molecule has 0 aromatic heterocycles. The van der Waals surface area contributed by atoms with Crippen molar-refractivity contribution < 1.29 is 24.5 Å². The predicted octanol–water partition coefficient (Wildman–Crippen LogP) is 4.66. The first-order valence-corrected chi connectivity index (χ1v) is 11.1. The molecule has 0 aromatic rings. The maximum absolute atomic E-state index is 12.3. The Morgan fingerprint density at radius 1 is 1.18 bits per heavy atom. The Labute approximate surface area is 169 Å². The molecule has 0 bridgehead atoms. The quantitative estimate of drug-likeness (QED) is 0.350. The smallest absolute Gasteiger partial charge is 0.303 e.